The van der Waals surface area contributed by atoms with E-state index in [1.54, 1.807) is 48.6 Å². The Bertz CT molecular complexity index is 2040. The maximum atomic E-state index is 14.5. The summed E-state index contributed by atoms with van der Waals surface area (Å²) in [7, 11) is 8.57. The molecule has 4 N–H and O–H groups in total. The number of aromatic nitrogens is 1. The number of hydrogen-bond acceptors (Lipinski definition) is 11. The van der Waals surface area contributed by atoms with Crippen LogP contribution in [0.2, 0.25) is 0 Å². The molecule has 1 aromatic heterocycles. The summed E-state index contributed by atoms with van der Waals surface area (Å²) in [5, 5.41) is 21.0. The van der Waals surface area contributed by atoms with Gasteiger partial charge in [0.15, 0.2) is 0 Å². The number of nitrogens with zero attached hydrogens (tertiary/aromatic N) is 4. The molecule has 0 unspecified atom stereocenters. The number of carbonyl (C=O) groups excluding carboxylic acids is 5. The summed E-state index contributed by atoms with van der Waals surface area (Å²) in [6, 6.07) is 14.0. The first kappa shape index (κ1) is 54.7. The molecule has 3 aromatic rings. The number of thiazole rings is 1. The van der Waals surface area contributed by atoms with Gasteiger partial charge in [-0.1, -0.05) is 97.4 Å². The zero-order valence-corrected chi connectivity index (χ0v) is 42.6. The number of amides is 5. The van der Waals surface area contributed by atoms with Crippen molar-refractivity contribution in [2.75, 3.05) is 48.5 Å². The number of benzene rings is 2. The highest BCUT2D eigenvalue weighted by molar-refractivity contribution is 7.09. The third-order valence-electron chi connectivity index (χ3n) is 13.2. The second-order valence-corrected chi connectivity index (χ2v) is 19.9. The Hall–Kier alpha value is -4.90. The van der Waals surface area contributed by atoms with E-state index in [4.69, 9.17) is 14.5 Å². The van der Waals surface area contributed by atoms with Crippen LogP contribution in [0.4, 0.5) is 0 Å². The topological polar surface area (TPSA) is 183 Å². The van der Waals surface area contributed by atoms with Gasteiger partial charge < -0.3 is 40.3 Å². The van der Waals surface area contributed by atoms with Crippen molar-refractivity contribution in [3.8, 4) is 5.75 Å². The van der Waals surface area contributed by atoms with E-state index in [1.165, 1.54) is 11.3 Å². The van der Waals surface area contributed by atoms with Crippen LogP contribution in [0.5, 0.6) is 5.75 Å². The van der Waals surface area contributed by atoms with E-state index >= 15 is 0 Å². The number of likely N-dealkylation sites (tertiary alicyclic amines) is 1. The van der Waals surface area contributed by atoms with Crippen LogP contribution in [0.1, 0.15) is 107 Å². The van der Waals surface area contributed by atoms with Gasteiger partial charge in [0.2, 0.25) is 23.6 Å². The van der Waals surface area contributed by atoms with Crippen LogP contribution in [0.25, 0.3) is 0 Å². The van der Waals surface area contributed by atoms with E-state index in [1.807, 2.05) is 110 Å². The molecule has 1 aliphatic rings. The Labute approximate surface area is 402 Å². The van der Waals surface area contributed by atoms with Gasteiger partial charge >= 0.3 is 0 Å². The van der Waals surface area contributed by atoms with Gasteiger partial charge in [-0.05, 0) is 80.8 Å². The third-order valence-corrected chi connectivity index (χ3v) is 14.2. The van der Waals surface area contributed by atoms with Crippen molar-refractivity contribution in [3.63, 3.8) is 0 Å². The van der Waals surface area contributed by atoms with Gasteiger partial charge in [0.1, 0.15) is 22.5 Å². The van der Waals surface area contributed by atoms with E-state index in [-0.39, 0.29) is 65.2 Å². The number of aromatic hydroxyl groups is 1. The summed E-state index contributed by atoms with van der Waals surface area (Å²) in [4.78, 5) is 79.9. The van der Waals surface area contributed by atoms with E-state index < -0.39 is 48.3 Å². The maximum absolute atomic E-state index is 14.5. The minimum absolute atomic E-state index is 0.00130. The number of phenolic OH excluding ortho intramolecular Hbond substituents is 1. The highest BCUT2D eigenvalue weighted by Crippen LogP contribution is 2.31. The van der Waals surface area contributed by atoms with Crippen molar-refractivity contribution in [1.29, 1.82) is 0 Å². The van der Waals surface area contributed by atoms with Crippen LogP contribution in [-0.4, -0.2) is 139 Å². The predicted molar refractivity (Wildman–Crippen MR) is 262 cm³/mol. The van der Waals surface area contributed by atoms with Crippen LogP contribution in [0, 0.1) is 23.7 Å². The van der Waals surface area contributed by atoms with Gasteiger partial charge in [-0.3, -0.25) is 28.9 Å². The lowest BCUT2D eigenvalue weighted by Gasteiger charge is -2.41. The highest BCUT2D eigenvalue weighted by Gasteiger charge is 2.43. The Morgan fingerprint density at radius 1 is 0.881 bits per heavy atom. The largest absolute Gasteiger partial charge is 0.508 e. The van der Waals surface area contributed by atoms with Crippen LogP contribution in [0.3, 0.4) is 0 Å². The fourth-order valence-electron chi connectivity index (χ4n) is 9.39. The molecule has 370 valence electrons. The van der Waals surface area contributed by atoms with Gasteiger partial charge in [-0.15, -0.1) is 11.3 Å². The average molecular weight is 948 g/mol. The molecule has 0 bridgehead atoms. The van der Waals surface area contributed by atoms with Crippen molar-refractivity contribution < 1.29 is 38.6 Å². The number of nitrogens with one attached hydrogen (secondary N) is 3. The van der Waals surface area contributed by atoms with Crippen molar-refractivity contribution in [2.24, 2.45) is 23.7 Å². The molecule has 0 aliphatic carbocycles. The molecular formula is C51H77N7O8S. The third kappa shape index (κ3) is 14.8. The molecule has 2 aromatic carbocycles. The number of ether oxygens (including phenoxy) is 2. The van der Waals surface area contributed by atoms with Gasteiger partial charge in [0, 0.05) is 39.7 Å². The van der Waals surface area contributed by atoms with Gasteiger partial charge in [0.25, 0.3) is 5.91 Å². The van der Waals surface area contributed by atoms with Crippen LogP contribution in [-0.2, 0) is 41.5 Å². The Balaban J connectivity index is 1.49. The summed E-state index contributed by atoms with van der Waals surface area (Å²) in [6.45, 7) is 14.5. The van der Waals surface area contributed by atoms with E-state index in [2.05, 4.69) is 16.0 Å². The number of hydrogen-bond donors (Lipinski definition) is 4. The number of rotatable bonds is 25. The van der Waals surface area contributed by atoms with Crippen molar-refractivity contribution in [1.82, 2.24) is 35.6 Å². The maximum Gasteiger partial charge on any atom is 0.270 e. The quantitative estimate of drug-likeness (QED) is 0.0803. The lowest BCUT2D eigenvalue weighted by Crippen LogP contribution is -2.59. The summed E-state index contributed by atoms with van der Waals surface area (Å²) < 4.78 is 12.2. The highest BCUT2D eigenvalue weighted by atomic mass is 32.1. The molecule has 0 saturated carbocycles. The summed E-state index contributed by atoms with van der Waals surface area (Å²) in [6.07, 6.45) is 1.81. The number of phenols is 1. The molecule has 9 atom stereocenters. The minimum Gasteiger partial charge on any atom is -0.508 e. The van der Waals surface area contributed by atoms with Crippen LogP contribution < -0.4 is 16.0 Å². The average Bonchev–Trinajstić information content (AvgIpc) is 4.00. The molecule has 15 nitrogen and oxygen atoms in total. The van der Waals surface area contributed by atoms with E-state index in [0.717, 1.165) is 24.0 Å². The molecular weight excluding hydrogens is 871 g/mol. The predicted octanol–water partition coefficient (Wildman–Crippen LogP) is 5.87. The second kappa shape index (κ2) is 26.0. The lowest BCUT2D eigenvalue weighted by molar-refractivity contribution is -0.148. The van der Waals surface area contributed by atoms with Crippen molar-refractivity contribution in [3.05, 3.63) is 81.8 Å². The second-order valence-electron chi connectivity index (χ2n) is 19.0. The number of carbonyl (C=O) groups is 5. The summed E-state index contributed by atoms with van der Waals surface area (Å²) >= 11 is 1.30. The molecule has 67 heavy (non-hydrogen) atoms. The Morgan fingerprint density at radius 3 is 2.13 bits per heavy atom. The summed E-state index contributed by atoms with van der Waals surface area (Å²) in [5.74, 6) is -1.91. The zero-order chi connectivity index (χ0) is 49.5. The zero-order valence-electron chi connectivity index (χ0n) is 41.8. The molecule has 0 radical (unpaired) electrons. The molecule has 2 heterocycles. The SMILES string of the molecule is CC[C@H](C)[C@@H]([C@@H](CC(=O)N1CCC[C@H]1[C@H](OC)[C@@H](C)C(=O)N[C@@H](Cc1ccccc1)c1nc(C(=O)NCCc2ccc(O)cc2)cs1)OC)N(C)C(=O)[C@@H](NC(=O)[C@H](C(C)C)N(C)C)C(C)C. The van der Waals surface area contributed by atoms with Crippen molar-refractivity contribution >= 4 is 40.9 Å². The molecule has 1 saturated heterocycles. The van der Waals surface area contributed by atoms with Crippen LogP contribution in [0.15, 0.2) is 60.0 Å². The molecule has 16 heteroatoms. The normalized spacial score (nSPS) is 17.6. The molecule has 1 aliphatic heterocycles. The fourth-order valence-corrected chi connectivity index (χ4v) is 10.2. The molecule has 0 spiro atoms. The monoisotopic (exact) mass is 948 g/mol. The van der Waals surface area contributed by atoms with E-state index in [9.17, 15) is 29.1 Å². The molecule has 1 fully saturated rings. The first-order valence-corrected chi connectivity index (χ1v) is 24.6. The number of methoxy groups -OCH3 is 2. The first-order valence-electron chi connectivity index (χ1n) is 23.8. The Morgan fingerprint density at radius 2 is 1.55 bits per heavy atom. The van der Waals surface area contributed by atoms with Crippen LogP contribution >= 0.6 is 11.3 Å². The standard InChI is InChI=1S/C51H77N7O8S/c1-13-33(6)45(57(10)51(64)43(31(2)3)55-49(63)44(32(4)5)56(8)9)41(65-11)29-42(60)58-27-17-20-40(58)46(66-12)34(7)47(61)53-38(28-36-18-15-14-16-19-36)50-54-39(30-67-50)48(62)52-26-25-35-21-23-37(59)24-22-35/h14-16,18-19,21-24,30-34,38,40-41,43-46,59H,13,17,20,25-29H2,1-12H3,(H,52,62)(H,53,61)(H,55,63)/t33-,34+,38-,40-,41+,43-,44-,45-,46+/m0/s1. The fraction of sp³-hybridized carbons (Fsp3) is 0.608. The van der Waals surface area contributed by atoms with Gasteiger partial charge in [0.05, 0.1) is 48.7 Å². The molecule has 4 rings (SSSR count). The summed E-state index contributed by atoms with van der Waals surface area (Å²) in [5.41, 5.74) is 2.21. The molecule has 5 amide bonds. The minimum atomic E-state index is -0.783. The lowest BCUT2D eigenvalue weighted by atomic mass is 9.89. The van der Waals surface area contributed by atoms with Crippen molar-refractivity contribution in [2.45, 2.75) is 129 Å². The van der Waals surface area contributed by atoms with Gasteiger partial charge in [-0.25, -0.2) is 4.98 Å². The smallest absolute Gasteiger partial charge is 0.270 e. The van der Waals surface area contributed by atoms with E-state index in [0.29, 0.717) is 37.4 Å². The first-order chi connectivity index (χ1) is 31.8. The number of likely N-dealkylation sites (N-methyl/N-ethyl adjacent to an activating group) is 2. The van der Waals surface area contributed by atoms with Gasteiger partial charge in [-0.2, -0.15) is 0 Å². The Kier molecular flexibility index (Phi) is 21.2.